The standard InChI is InChI=1S/C15H22FN3O6/c1-3-4-5-6-24-15(23)18-12-9(16)7-19(14(22)17-12)13-11(21)10(20)8(2)25-13/h7-8,10-11,13,20-21H,3-6H2,1-2H3,(H,17,18,22,23)/t8-,10+,11+,13+/m0/s1. The van der Waals surface area contributed by atoms with Gasteiger partial charge in [0.15, 0.2) is 17.9 Å². The largest absolute Gasteiger partial charge is 0.449 e. The molecule has 1 fully saturated rings. The molecule has 0 bridgehead atoms. The van der Waals surface area contributed by atoms with E-state index in [9.17, 15) is 24.2 Å². The molecule has 1 aliphatic rings. The predicted molar refractivity (Wildman–Crippen MR) is 84.5 cm³/mol. The van der Waals surface area contributed by atoms with Crippen molar-refractivity contribution in [1.29, 1.82) is 0 Å². The maximum Gasteiger partial charge on any atom is 0.412 e. The molecule has 25 heavy (non-hydrogen) atoms. The van der Waals surface area contributed by atoms with Crippen LogP contribution in [-0.4, -0.2) is 50.8 Å². The highest BCUT2D eigenvalue weighted by Gasteiger charge is 2.42. The molecule has 140 valence electrons. The van der Waals surface area contributed by atoms with Gasteiger partial charge in [0.05, 0.1) is 18.9 Å². The van der Waals surface area contributed by atoms with Gasteiger partial charge in [-0.15, -0.1) is 0 Å². The number of nitrogens with zero attached hydrogens (tertiary/aromatic N) is 2. The summed E-state index contributed by atoms with van der Waals surface area (Å²) in [5, 5.41) is 21.6. The summed E-state index contributed by atoms with van der Waals surface area (Å²) in [6, 6.07) is 0. The number of hydrogen-bond donors (Lipinski definition) is 3. The molecule has 9 nitrogen and oxygen atoms in total. The summed E-state index contributed by atoms with van der Waals surface area (Å²) in [5.41, 5.74) is -0.951. The SMILES string of the molecule is CCCCCOC(=O)Nc1nc(=O)n([C@@H]2O[C@@H](C)[C@@H](O)[C@H]2O)cc1F. The van der Waals surface area contributed by atoms with Gasteiger partial charge in [0.1, 0.15) is 12.2 Å². The first-order chi connectivity index (χ1) is 11.8. The van der Waals surface area contributed by atoms with Crippen LogP contribution in [0.3, 0.4) is 0 Å². The summed E-state index contributed by atoms with van der Waals surface area (Å²) in [6.07, 6.45) is -2.25. The first-order valence-electron chi connectivity index (χ1n) is 8.09. The molecule has 0 spiro atoms. The summed E-state index contributed by atoms with van der Waals surface area (Å²) in [6.45, 7) is 3.68. The van der Waals surface area contributed by atoms with Crippen LogP contribution in [0, 0.1) is 5.82 Å². The fraction of sp³-hybridized carbons (Fsp3) is 0.667. The third-order valence-electron chi connectivity index (χ3n) is 3.86. The highest BCUT2D eigenvalue weighted by atomic mass is 19.1. The van der Waals surface area contributed by atoms with E-state index in [2.05, 4.69) is 10.3 Å². The Morgan fingerprint density at radius 1 is 1.44 bits per heavy atom. The normalized spacial score (nSPS) is 25.8. The van der Waals surface area contributed by atoms with E-state index in [1.807, 2.05) is 6.92 Å². The van der Waals surface area contributed by atoms with E-state index in [0.29, 0.717) is 6.42 Å². The zero-order valence-corrected chi connectivity index (χ0v) is 14.0. The van der Waals surface area contributed by atoms with Crippen molar-refractivity contribution in [2.24, 2.45) is 0 Å². The molecule has 0 unspecified atom stereocenters. The summed E-state index contributed by atoms with van der Waals surface area (Å²) in [5.74, 6) is -1.59. The Labute approximate surface area is 143 Å². The third kappa shape index (κ3) is 4.53. The number of hydrogen-bond acceptors (Lipinski definition) is 7. The van der Waals surface area contributed by atoms with Crippen molar-refractivity contribution in [3.8, 4) is 0 Å². The minimum atomic E-state index is -1.41. The van der Waals surface area contributed by atoms with E-state index < -0.39 is 48.0 Å². The molecular formula is C15H22FN3O6. The Morgan fingerprint density at radius 2 is 2.16 bits per heavy atom. The molecule has 0 saturated carbocycles. The van der Waals surface area contributed by atoms with Crippen LogP contribution in [0.1, 0.15) is 39.3 Å². The minimum absolute atomic E-state index is 0.177. The number of aliphatic hydroxyl groups is 2. The molecule has 2 rings (SSSR count). The predicted octanol–water partition coefficient (Wildman–Crippen LogP) is 0.760. The second-order valence-corrected chi connectivity index (χ2v) is 5.81. The van der Waals surface area contributed by atoms with Crippen LogP contribution in [0.25, 0.3) is 0 Å². The lowest BCUT2D eigenvalue weighted by molar-refractivity contribution is -0.0355. The lowest BCUT2D eigenvalue weighted by Crippen LogP contribution is -2.36. The summed E-state index contributed by atoms with van der Waals surface area (Å²) >= 11 is 0. The molecule has 1 aromatic rings. The van der Waals surface area contributed by atoms with E-state index in [-0.39, 0.29) is 6.61 Å². The van der Waals surface area contributed by atoms with Crippen molar-refractivity contribution in [3.63, 3.8) is 0 Å². The second kappa shape index (κ2) is 8.37. The van der Waals surface area contributed by atoms with Gasteiger partial charge in [-0.1, -0.05) is 19.8 Å². The zero-order valence-electron chi connectivity index (χ0n) is 14.0. The van der Waals surface area contributed by atoms with Gasteiger partial charge < -0.3 is 19.7 Å². The number of aromatic nitrogens is 2. The molecule has 0 aliphatic carbocycles. The van der Waals surface area contributed by atoms with Gasteiger partial charge >= 0.3 is 11.8 Å². The molecule has 10 heteroatoms. The molecule has 1 aromatic heterocycles. The van der Waals surface area contributed by atoms with Crippen molar-refractivity contribution >= 4 is 11.9 Å². The van der Waals surface area contributed by atoms with Gasteiger partial charge in [-0.25, -0.2) is 14.0 Å². The number of unbranched alkanes of at least 4 members (excludes halogenated alkanes) is 2. The number of anilines is 1. The van der Waals surface area contributed by atoms with Crippen LogP contribution in [-0.2, 0) is 9.47 Å². The average Bonchev–Trinajstić information content (AvgIpc) is 2.82. The molecule has 1 saturated heterocycles. The number of rotatable bonds is 6. The van der Waals surface area contributed by atoms with Crippen molar-refractivity contribution in [2.75, 3.05) is 11.9 Å². The monoisotopic (exact) mass is 359 g/mol. The smallest absolute Gasteiger partial charge is 0.412 e. The Kier molecular flexibility index (Phi) is 6.45. The summed E-state index contributed by atoms with van der Waals surface area (Å²) < 4.78 is 24.9. The molecule has 1 aliphatic heterocycles. The van der Waals surface area contributed by atoms with Gasteiger partial charge in [-0.3, -0.25) is 9.88 Å². The fourth-order valence-corrected chi connectivity index (χ4v) is 2.42. The molecule has 2 heterocycles. The Hall–Kier alpha value is -2.04. The van der Waals surface area contributed by atoms with E-state index in [1.165, 1.54) is 6.92 Å². The Morgan fingerprint density at radius 3 is 2.76 bits per heavy atom. The third-order valence-corrected chi connectivity index (χ3v) is 3.86. The number of amides is 1. The Balaban J connectivity index is 2.07. The number of carbonyl (C=O) groups excluding carboxylic acids is 1. The molecule has 0 aromatic carbocycles. The van der Waals surface area contributed by atoms with Crippen LogP contribution < -0.4 is 11.0 Å². The van der Waals surface area contributed by atoms with Crippen molar-refractivity contribution in [2.45, 2.75) is 57.6 Å². The maximum absolute atomic E-state index is 14.1. The van der Waals surface area contributed by atoms with E-state index in [4.69, 9.17) is 9.47 Å². The van der Waals surface area contributed by atoms with Crippen molar-refractivity contribution < 1.29 is 28.9 Å². The maximum atomic E-state index is 14.1. The topological polar surface area (TPSA) is 123 Å². The van der Waals surface area contributed by atoms with Crippen LogP contribution in [0.15, 0.2) is 11.0 Å². The lowest BCUT2D eigenvalue weighted by atomic mass is 10.1. The summed E-state index contributed by atoms with van der Waals surface area (Å²) in [7, 11) is 0. The van der Waals surface area contributed by atoms with Crippen molar-refractivity contribution in [3.05, 3.63) is 22.5 Å². The quantitative estimate of drug-likeness (QED) is 0.641. The highest BCUT2D eigenvalue weighted by Crippen LogP contribution is 2.28. The van der Waals surface area contributed by atoms with Gasteiger partial charge in [0.25, 0.3) is 0 Å². The highest BCUT2D eigenvalue weighted by molar-refractivity contribution is 5.83. The van der Waals surface area contributed by atoms with E-state index in [0.717, 1.165) is 23.6 Å². The first kappa shape index (κ1) is 19.3. The van der Waals surface area contributed by atoms with Crippen LogP contribution in [0.2, 0.25) is 0 Å². The van der Waals surface area contributed by atoms with Gasteiger partial charge in [-0.2, -0.15) is 4.98 Å². The van der Waals surface area contributed by atoms with Crippen LogP contribution in [0.4, 0.5) is 15.0 Å². The molecule has 1 amide bonds. The van der Waals surface area contributed by atoms with Gasteiger partial charge in [0, 0.05) is 0 Å². The number of carbonyl (C=O) groups is 1. The van der Waals surface area contributed by atoms with Gasteiger partial charge in [0.2, 0.25) is 0 Å². The number of nitrogens with one attached hydrogen (secondary N) is 1. The van der Waals surface area contributed by atoms with Crippen molar-refractivity contribution in [1.82, 2.24) is 9.55 Å². The van der Waals surface area contributed by atoms with Crippen LogP contribution >= 0.6 is 0 Å². The number of halogens is 1. The number of aliphatic hydroxyl groups excluding tert-OH is 2. The minimum Gasteiger partial charge on any atom is -0.449 e. The zero-order chi connectivity index (χ0) is 18.6. The molecule has 3 N–H and O–H groups in total. The molecule has 0 radical (unpaired) electrons. The molecular weight excluding hydrogens is 337 g/mol. The number of ether oxygens (including phenoxy) is 2. The Bertz CT molecular complexity index is 667. The van der Waals surface area contributed by atoms with Gasteiger partial charge in [-0.05, 0) is 13.3 Å². The van der Waals surface area contributed by atoms with E-state index >= 15 is 0 Å². The second-order valence-electron chi connectivity index (χ2n) is 5.81. The van der Waals surface area contributed by atoms with E-state index in [1.54, 1.807) is 0 Å². The lowest BCUT2D eigenvalue weighted by Gasteiger charge is -2.17. The fourth-order valence-electron chi connectivity index (χ4n) is 2.42. The van der Waals surface area contributed by atoms with Crippen LogP contribution in [0.5, 0.6) is 0 Å². The molecule has 4 atom stereocenters. The summed E-state index contributed by atoms with van der Waals surface area (Å²) in [4.78, 5) is 27.0. The first-order valence-corrected chi connectivity index (χ1v) is 8.09. The average molecular weight is 359 g/mol.